The van der Waals surface area contributed by atoms with Gasteiger partial charge in [0.15, 0.2) is 0 Å². The Hall–Kier alpha value is -3.07. The van der Waals surface area contributed by atoms with Gasteiger partial charge in [0.05, 0.1) is 0 Å². The smallest absolute Gasteiger partial charge is 0.117 e. The van der Waals surface area contributed by atoms with Crippen LogP contribution in [0.4, 0.5) is 0 Å². The van der Waals surface area contributed by atoms with E-state index in [1.54, 1.807) is 7.11 Å². The van der Waals surface area contributed by atoms with E-state index in [1.807, 2.05) is 12.1 Å². The summed E-state index contributed by atoms with van der Waals surface area (Å²) in [6, 6.07) is 21.7. The molecule has 28 heavy (non-hydrogen) atoms. The van der Waals surface area contributed by atoms with Crippen molar-refractivity contribution in [2.75, 3.05) is 7.11 Å². The van der Waals surface area contributed by atoms with Crippen LogP contribution in [0.3, 0.4) is 0 Å². The van der Waals surface area contributed by atoms with Gasteiger partial charge in [-0.3, -0.25) is 0 Å². The van der Waals surface area contributed by atoms with E-state index in [-0.39, 0.29) is 0 Å². The second-order valence-electron chi connectivity index (χ2n) is 7.12. The molecule has 0 atom stereocenters. The third kappa shape index (κ3) is 2.97. The van der Waals surface area contributed by atoms with Crippen LogP contribution in [0.1, 0.15) is 36.1 Å². The minimum Gasteiger partial charge on any atom is -0.399 e. The molecule has 0 saturated carbocycles. The van der Waals surface area contributed by atoms with E-state index in [4.69, 9.17) is 4.84 Å². The molecule has 1 heterocycles. The molecule has 0 unspecified atom stereocenters. The zero-order valence-electron chi connectivity index (χ0n) is 17.0. The van der Waals surface area contributed by atoms with Crippen molar-refractivity contribution in [3.05, 3.63) is 82.9 Å². The van der Waals surface area contributed by atoms with Crippen molar-refractivity contribution in [3.8, 4) is 0 Å². The lowest BCUT2D eigenvalue weighted by molar-refractivity contribution is 0.214. The largest absolute Gasteiger partial charge is 0.399 e. The zero-order valence-corrected chi connectivity index (χ0v) is 17.0. The minimum atomic E-state index is 0.867. The first kappa shape index (κ1) is 18.3. The molecule has 0 N–H and O–H groups in total. The molecule has 0 amide bonds. The lowest BCUT2D eigenvalue weighted by atomic mass is 9.97. The van der Waals surface area contributed by atoms with Crippen molar-refractivity contribution in [1.82, 2.24) is 4.57 Å². The van der Waals surface area contributed by atoms with Crippen LogP contribution in [0.2, 0.25) is 0 Å². The molecule has 3 aromatic carbocycles. The molecule has 3 heteroatoms. The first-order valence-electron chi connectivity index (χ1n) is 9.90. The van der Waals surface area contributed by atoms with Gasteiger partial charge >= 0.3 is 0 Å². The van der Waals surface area contributed by atoms with Crippen LogP contribution in [0.5, 0.6) is 0 Å². The number of aromatic nitrogens is 1. The van der Waals surface area contributed by atoms with E-state index in [9.17, 15) is 0 Å². The van der Waals surface area contributed by atoms with Crippen molar-refractivity contribution < 1.29 is 4.84 Å². The maximum Gasteiger partial charge on any atom is 0.117 e. The fourth-order valence-electron chi connectivity index (χ4n) is 4.05. The van der Waals surface area contributed by atoms with Crippen LogP contribution in [0.15, 0.2) is 65.8 Å². The highest BCUT2D eigenvalue weighted by atomic mass is 16.6. The van der Waals surface area contributed by atoms with Gasteiger partial charge in [0.1, 0.15) is 12.8 Å². The van der Waals surface area contributed by atoms with Gasteiger partial charge in [-0.15, -0.1) is 0 Å². The highest BCUT2D eigenvalue weighted by Crippen LogP contribution is 2.31. The Morgan fingerprint density at radius 3 is 2.32 bits per heavy atom. The normalized spacial score (nSPS) is 12.1. The Balaban J connectivity index is 1.99. The number of hydrogen-bond donors (Lipinski definition) is 0. The highest BCUT2D eigenvalue weighted by Gasteiger charge is 2.15. The maximum absolute atomic E-state index is 5.21. The Kier molecular flexibility index (Phi) is 4.91. The average molecular weight is 370 g/mol. The molecule has 142 valence electrons. The summed E-state index contributed by atoms with van der Waals surface area (Å²) < 4.78 is 2.38. The van der Waals surface area contributed by atoms with Crippen molar-refractivity contribution in [3.63, 3.8) is 0 Å². The average Bonchev–Trinajstić information content (AvgIpc) is 3.04. The topological polar surface area (TPSA) is 26.5 Å². The van der Waals surface area contributed by atoms with Gasteiger partial charge < -0.3 is 9.40 Å². The lowest BCUT2D eigenvalue weighted by Crippen LogP contribution is -2.06. The van der Waals surface area contributed by atoms with Gasteiger partial charge in [0, 0.05) is 39.5 Å². The third-order valence-corrected chi connectivity index (χ3v) is 5.51. The van der Waals surface area contributed by atoms with E-state index in [2.05, 4.69) is 79.0 Å². The number of benzene rings is 3. The van der Waals surface area contributed by atoms with E-state index >= 15 is 0 Å². The number of oxime groups is 1. The van der Waals surface area contributed by atoms with Crippen LogP contribution in [-0.2, 0) is 17.8 Å². The summed E-state index contributed by atoms with van der Waals surface area (Å²) in [5.74, 6) is 0. The molecule has 3 nitrogen and oxygen atoms in total. The highest BCUT2D eigenvalue weighted by molar-refractivity contribution is 6.17. The van der Waals surface area contributed by atoms with E-state index < -0.39 is 0 Å². The fraction of sp³-hybridized carbons (Fsp3) is 0.240. The molecule has 0 bridgehead atoms. The molecule has 0 aliphatic rings. The predicted molar refractivity (Wildman–Crippen MR) is 118 cm³/mol. The second kappa shape index (κ2) is 7.51. The van der Waals surface area contributed by atoms with Gasteiger partial charge in [-0.2, -0.15) is 0 Å². The number of aryl methyl sites for hydroxylation is 3. The number of hydrogen-bond acceptors (Lipinski definition) is 2. The standard InChI is InChI=1S/C25H26N2O/c1-5-18-11-13-23-21(15-18)22-16-19(12-14-24(22)27(23)6-2)25(26-28-4)20-10-8-7-9-17(20)3/h7-16H,5-6H2,1-4H3. The molecule has 1 aromatic heterocycles. The summed E-state index contributed by atoms with van der Waals surface area (Å²) in [5.41, 5.74) is 8.12. The third-order valence-electron chi connectivity index (χ3n) is 5.51. The van der Waals surface area contributed by atoms with Crippen molar-refractivity contribution in [2.45, 2.75) is 33.7 Å². The van der Waals surface area contributed by atoms with Gasteiger partial charge in [-0.05, 0) is 55.7 Å². The summed E-state index contributed by atoms with van der Waals surface area (Å²) in [6.07, 6.45) is 1.04. The molecule has 0 aliphatic carbocycles. The molecular formula is C25H26N2O. The molecule has 0 fully saturated rings. The van der Waals surface area contributed by atoms with Gasteiger partial charge in [-0.25, -0.2) is 0 Å². The van der Waals surface area contributed by atoms with Crippen LogP contribution in [-0.4, -0.2) is 17.4 Å². The molecule has 4 aromatic rings. The number of nitrogens with zero attached hydrogens (tertiary/aromatic N) is 2. The van der Waals surface area contributed by atoms with Gasteiger partial charge in [-0.1, -0.05) is 48.5 Å². The molecule has 0 saturated heterocycles. The number of fused-ring (bicyclic) bond motifs is 3. The minimum absolute atomic E-state index is 0.867. The van der Waals surface area contributed by atoms with E-state index in [1.165, 1.54) is 32.9 Å². The Morgan fingerprint density at radius 2 is 1.64 bits per heavy atom. The first-order valence-corrected chi connectivity index (χ1v) is 9.90. The van der Waals surface area contributed by atoms with Gasteiger partial charge in [0.25, 0.3) is 0 Å². The predicted octanol–water partition coefficient (Wildman–Crippen LogP) is 6.08. The summed E-state index contributed by atoms with van der Waals surface area (Å²) in [4.78, 5) is 5.21. The van der Waals surface area contributed by atoms with Crippen LogP contribution in [0.25, 0.3) is 21.8 Å². The Bertz CT molecular complexity index is 1180. The maximum atomic E-state index is 5.21. The lowest BCUT2D eigenvalue weighted by Gasteiger charge is -2.10. The van der Waals surface area contributed by atoms with Crippen molar-refractivity contribution in [1.29, 1.82) is 0 Å². The fourth-order valence-corrected chi connectivity index (χ4v) is 4.05. The van der Waals surface area contributed by atoms with Crippen molar-refractivity contribution in [2.24, 2.45) is 5.16 Å². The summed E-state index contributed by atoms with van der Waals surface area (Å²) in [7, 11) is 1.60. The molecule has 0 spiro atoms. The van der Waals surface area contributed by atoms with E-state index in [0.29, 0.717) is 0 Å². The van der Waals surface area contributed by atoms with Crippen LogP contribution < -0.4 is 0 Å². The van der Waals surface area contributed by atoms with E-state index in [0.717, 1.165) is 29.8 Å². The second-order valence-corrected chi connectivity index (χ2v) is 7.12. The SMILES string of the molecule is CCc1ccc2c(c1)c1cc(C(=NOC)c3ccccc3C)ccc1n2CC. The molecule has 4 rings (SSSR count). The summed E-state index contributed by atoms with van der Waals surface area (Å²) in [6.45, 7) is 7.45. The molecule has 0 aliphatic heterocycles. The zero-order chi connectivity index (χ0) is 19.7. The molecule has 0 radical (unpaired) electrons. The number of rotatable bonds is 5. The molecular weight excluding hydrogens is 344 g/mol. The van der Waals surface area contributed by atoms with Crippen molar-refractivity contribution >= 4 is 27.5 Å². The Labute approximate surface area is 166 Å². The van der Waals surface area contributed by atoms with Crippen LogP contribution >= 0.6 is 0 Å². The summed E-state index contributed by atoms with van der Waals surface area (Å²) in [5, 5.41) is 6.95. The van der Waals surface area contributed by atoms with Gasteiger partial charge in [0.2, 0.25) is 0 Å². The quantitative estimate of drug-likeness (QED) is 0.309. The Morgan fingerprint density at radius 1 is 0.929 bits per heavy atom. The first-order chi connectivity index (χ1) is 13.7. The summed E-state index contributed by atoms with van der Waals surface area (Å²) >= 11 is 0. The monoisotopic (exact) mass is 370 g/mol. The van der Waals surface area contributed by atoms with Crippen LogP contribution in [0, 0.1) is 6.92 Å².